The molecule has 0 N–H and O–H groups in total. The van der Waals surface area contributed by atoms with Crippen LogP contribution in [0.2, 0.25) is 0 Å². The summed E-state index contributed by atoms with van der Waals surface area (Å²) in [5, 5.41) is 4.71. The Labute approximate surface area is 140 Å². The lowest BCUT2D eigenvalue weighted by molar-refractivity contribution is -0.146. The van der Waals surface area contributed by atoms with Crippen molar-refractivity contribution in [3.63, 3.8) is 0 Å². The van der Waals surface area contributed by atoms with Crippen molar-refractivity contribution in [2.45, 2.75) is 19.4 Å². The fourth-order valence-corrected chi connectivity index (χ4v) is 2.65. The highest BCUT2D eigenvalue weighted by Crippen LogP contribution is 2.31. The minimum absolute atomic E-state index is 0.0959. The van der Waals surface area contributed by atoms with Gasteiger partial charge in [0, 0.05) is 17.3 Å². The topological polar surface area (TPSA) is 44.1 Å². The van der Waals surface area contributed by atoms with Crippen molar-refractivity contribution < 1.29 is 9.53 Å². The summed E-state index contributed by atoms with van der Waals surface area (Å²) in [6.45, 7) is 0.256. The number of nitrogens with zero attached hydrogens (tertiary/aromatic N) is 2. The first-order valence-corrected chi connectivity index (χ1v) is 8.17. The molecule has 0 spiro atoms. The van der Waals surface area contributed by atoms with Crippen LogP contribution in [0.1, 0.15) is 18.4 Å². The predicted molar refractivity (Wildman–Crippen MR) is 91.5 cm³/mol. The molecule has 0 amide bonds. The zero-order chi connectivity index (χ0) is 16.4. The van der Waals surface area contributed by atoms with Crippen molar-refractivity contribution in [1.29, 1.82) is 0 Å². The minimum Gasteiger partial charge on any atom is -0.460 e. The molecule has 0 unspecified atom stereocenters. The van der Waals surface area contributed by atoms with E-state index in [1.807, 2.05) is 71.5 Å². The van der Waals surface area contributed by atoms with E-state index >= 15 is 0 Å². The number of esters is 1. The van der Waals surface area contributed by atoms with Gasteiger partial charge < -0.3 is 4.74 Å². The van der Waals surface area contributed by atoms with E-state index in [4.69, 9.17) is 9.84 Å². The average molecular weight is 318 g/mol. The highest BCUT2D eigenvalue weighted by Gasteiger charge is 2.31. The number of rotatable bonds is 5. The van der Waals surface area contributed by atoms with Gasteiger partial charge in [-0.2, -0.15) is 5.10 Å². The van der Waals surface area contributed by atoms with Gasteiger partial charge in [-0.15, -0.1) is 0 Å². The number of hydrogen-bond acceptors (Lipinski definition) is 3. The van der Waals surface area contributed by atoms with E-state index in [1.165, 1.54) is 0 Å². The molecule has 1 aliphatic rings. The predicted octanol–water partition coefficient (Wildman–Crippen LogP) is 3.99. The fourth-order valence-electron chi connectivity index (χ4n) is 2.65. The van der Waals surface area contributed by atoms with Gasteiger partial charge in [0.15, 0.2) is 0 Å². The Hall–Kier alpha value is -2.88. The van der Waals surface area contributed by atoms with Gasteiger partial charge in [-0.05, 0) is 25.0 Å². The van der Waals surface area contributed by atoms with E-state index < -0.39 is 0 Å². The van der Waals surface area contributed by atoms with Crippen LogP contribution in [0.3, 0.4) is 0 Å². The first-order chi connectivity index (χ1) is 11.8. The molecule has 2 aromatic carbocycles. The van der Waals surface area contributed by atoms with Crippen LogP contribution in [0.15, 0.2) is 66.9 Å². The molecule has 0 bridgehead atoms. The Morgan fingerprint density at radius 2 is 1.71 bits per heavy atom. The molecular weight excluding hydrogens is 300 g/mol. The zero-order valence-corrected chi connectivity index (χ0v) is 13.3. The van der Waals surface area contributed by atoms with Crippen LogP contribution in [-0.2, 0) is 16.1 Å². The van der Waals surface area contributed by atoms with Gasteiger partial charge in [0.05, 0.1) is 17.3 Å². The lowest BCUT2D eigenvalue weighted by Crippen LogP contribution is -2.06. The number of benzene rings is 2. The number of carbonyl (C=O) groups excluding carboxylic acids is 1. The van der Waals surface area contributed by atoms with E-state index in [0.717, 1.165) is 35.3 Å². The Morgan fingerprint density at radius 1 is 1.04 bits per heavy atom. The molecule has 1 aromatic heterocycles. The van der Waals surface area contributed by atoms with Gasteiger partial charge in [0.2, 0.25) is 0 Å². The molecule has 0 saturated heterocycles. The second kappa shape index (κ2) is 6.32. The van der Waals surface area contributed by atoms with E-state index in [-0.39, 0.29) is 18.5 Å². The van der Waals surface area contributed by atoms with Crippen molar-refractivity contribution in [3.05, 3.63) is 72.4 Å². The molecular formula is C20H18N2O2. The third-order valence-electron chi connectivity index (χ3n) is 4.14. The standard InChI is InChI=1S/C20H18N2O2/c23-20(16-11-12-16)24-14-17-13-22(18-9-5-2-6-10-18)21-19(17)15-7-3-1-4-8-15/h1-10,13,16H,11-12,14H2. The maximum absolute atomic E-state index is 11.9. The molecule has 1 aliphatic carbocycles. The quantitative estimate of drug-likeness (QED) is 0.668. The van der Waals surface area contributed by atoms with Crippen LogP contribution in [0.4, 0.5) is 0 Å². The molecule has 120 valence electrons. The fraction of sp³-hybridized carbons (Fsp3) is 0.200. The van der Waals surface area contributed by atoms with Crippen LogP contribution >= 0.6 is 0 Å². The highest BCUT2D eigenvalue weighted by molar-refractivity contribution is 5.75. The van der Waals surface area contributed by atoms with Crippen molar-refractivity contribution in [2.75, 3.05) is 0 Å². The zero-order valence-electron chi connectivity index (χ0n) is 13.3. The van der Waals surface area contributed by atoms with Gasteiger partial charge in [0.1, 0.15) is 6.61 Å². The maximum atomic E-state index is 11.9. The van der Waals surface area contributed by atoms with Gasteiger partial charge in [-0.25, -0.2) is 4.68 Å². The summed E-state index contributed by atoms with van der Waals surface area (Å²) >= 11 is 0. The molecule has 0 atom stereocenters. The molecule has 1 saturated carbocycles. The van der Waals surface area contributed by atoms with E-state index in [0.29, 0.717) is 0 Å². The van der Waals surface area contributed by atoms with E-state index in [1.54, 1.807) is 0 Å². The van der Waals surface area contributed by atoms with E-state index in [9.17, 15) is 4.79 Å². The van der Waals surface area contributed by atoms with Gasteiger partial charge >= 0.3 is 5.97 Å². The molecule has 4 nitrogen and oxygen atoms in total. The summed E-state index contributed by atoms with van der Waals surface area (Å²) in [7, 11) is 0. The number of ether oxygens (including phenoxy) is 1. The highest BCUT2D eigenvalue weighted by atomic mass is 16.5. The molecule has 1 fully saturated rings. The number of aromatic nitrogens is 2. The van der Waals surface area contributed by atoms with Crippen LogP contribution in [-0.4, -0.2) is 15.7 Å². The summed E-state index contributed by atoms with van der Waals surface area (Å²) in [5.41, 5.74) is 3.77. The van der Waals surface area contributed by atoms with Crippen LogP contribution < -0.4 is 0 Å². The molecule has 24 heavy (non-hydrogen) atoms. The Bertz CT molecular complexity index is 837. The molecule has 4 rings (SSSR count). The van der Waals surface area contributed by atoms with Crippen molar-refractivity contribution in [2.24, 2.45) is 5.92 Å². The summed E-state index contributed by atoms with van der Waals surface area (Å²) in [6.07, 6.45) is 3.85. The Balaban J connectivity index is 1.67. The first kappa shape index (κ1) is 14.7. The van der Waals surface area contributed by atoms with Crippen molar-refractivity contribution >= 4 is 5.97 Å². The lowest BCUT2D eigenvalue weighted by atomic mass is 10.1. The minimum atomic E-state index is -0.0959. The SMILES string of the molecule is O=C(OCc1cn(-c2ccccc2)nc1-c1ccccc1)C1CC1. The Kier molecular flexibility index (Phi) is 3.87. The van der Waals surface area contributed by atoms with Crippen LogP contribution in [0.25, 0.3) is 16.9 Å². The molecule has 1 heterocycles. The molecule has 0 radical (unpaired) electrons. The third-order valence-corrected chi connectivity index (χ3v) is 4.14. The molecule has 4 heteroatoms. The number of carbonyl (C=O) groups is 1. The number of para-hydroxylation sites is 1. The second-order valence-electron chi connectivity index (χ2n) is 6.03. The monoisotopic (exact) mass is 318 g/mol. The summed E-state index contributed by atoms with van der Waals surface area (Å²) in [5.74, 6) is 0.0100. The van der Waals surface area contributed by atoms with Crippen LogP contribution in [0, 0.1) is 5.92 Å². The number of hydrogen-bond donors (Lipinski definition) is 0. The summed E-state index contributed by atoms with van der Waals surface area (Å²) in [6, 6.07) is 19.9. The van der Waals surface area contributed by atoms with Crippen molar-refractivity contribution in [1.82, 2.24) is 9.78 Å². The van der Waals surface area contributed by atoms with Crippen molar-refractivity contribution in [3.8, 4) is 16.9 Å². The van der Waals surface area contributed by atoms with Crippen LogP contribution in [0.5, 0.6) is 0 Å². The van der Waals surface area contributed by atoms with Gasteiger partial charge in [0.25, 0.3) is 0 Å². The second-order valence-corrected chi connectivity index (χ2v) is 6.03. The van der Waals surface area contributed by atoms with Gasteiger partial charge in [-0.3, -0.25) is 4.79 Å². The maximum Gasteiger partial charge on any atom is 0.309 e. The average Bonchev–Trinajstić information content (AvgIpc) is 3.41. The Morgan fingerprint density at radius 3 is 2.38 bits per heavy atom. The summed E-state index contributed by atoms with van der Waals surface area (Å²) < 4.78 is 7.31. The molecule has 3 aromatic rings. The normalized spacial score (nSPS) is 13.7. The smallest absolute Gasteiger partial charge is 0.309 e. The van der Waals surface area contributed by atoms with E-state index in [2.05, 4.69) is 0 Å². The van der Waals surface area contributed by atoms with Gasteiger partial charge in [-0.1, -0.05) is 48.5 Å². The molecule has 0 aliphatic heterocycles. The lowest BCUT2D eigenvalue weighted by Gasteiger charge is -2.04. The largest absolute Gasteiger partial charge is 0.460 e. The first-order valence-electron chi connectivity index (χ1n) is 8.17. The summed E-state index contributed by atoms with van der Waals surface area (Å²) in [4.78, 5) is 11.9. The third kappa shape index (κ3) is 3.08.